The lowest BCUT2D eigenvalue weighted by molar-refractivity contribution is -0.122. The van der Waals surface area contributed by atoms with Gasteiger partial charge in [-0.05, 0) is 42.3 Å². The summed E-state index contributed by atoms with van der Waals surface area (Å²) in [6.45, 7) is 3.63. The largest absolute Gasteiger partial charge is 0.326 e. The first-order chi connectivity index (χ1) is 13.4. The Balaban J connectivity index is 1.70. The number of rotatable bonds is 5. The Kier molecular flexibility index (Phi) is 5.73. The van der Waals surface area contributed by atoms with Gasteiger partial charge in [-0.15, -0.1) is 0 Å². The average Bonchev–Trinajstić information content (AvgIpc) is 3.06. The van der Waals surface area contributed by atoms with Crippen LogP contribution in [0.5, 0.6) is 0 Å². The zero-order valence-corrected chi connectivity index (χ0v) is 15.8. The summed E-state index contributed by atoms with van der Waals surface area (Å²) in [5.41, 5.74) is 2.26. The molecule has 1 unspecified atom stereocenters. The fraction of sp³-hybridized carbons (Fsp3) is 0.286. The van der Waals surface area contributed by atoms with Gasteiger partial charge >= 0.3 is 0 Å². The SMILES string of the molecule is CCc1ccc(N2CC(C(=O)Nc3cc(NC(C)=O)ccc3F)CC2=O)cc1. The second kappa shape index (κ2) is 8.21. The third-order valence-corrected chi connectivity index (χ3v) is 4.70. The van der Waals surface area contributed by atoms with Gasteiger partial charge in [0.1, 0.15) is 5.82 Å². The molecule has 2 aromatic rings. The van der Waals surface area contributed by atoms with E-state index in [1.54, 1.807) is 4.90 Å². The molecule has 0 spiro atoms. The van der Waals surface area contributed by atoms with Crippen LogP contribution in [-0.4, -0.2) is 24.3 Å². The number of nitrogens with one attached hydrogen (secondary N) is 2. The number of carbonyl (C=O) groups excluding carboxylic acids is 3. The third-order valence-electron chi connectivity index (χ3n) is 4.70. The van der Waals surface area contributed by atoms with E-state index in [9.17, 15) is 18.8 Å². The van der Waals surface area contributed by atoms with Gasteiger partial charge in [0.2, 0.25) is 17.7 Å². The van der Waals surface area contributed by atoms with Gasteiger partial charge < -0.3 is 15.5 Å². The maximum atomic E-state index is 14.0. The van der Waals surface area contributed by atoms with E-state index < -0.39 is 17.6 Å². The molecular weight excluding hydrogens is 361 g/mol. The molecule has 3 amide bonds. The van der Waals surface area contributed by atoms with Gasteiger partial charge in [-0.1, -0.05) is 19.1 Å². The maximum Gasteiger partial charge on any atom is 0.229 e. The predicted octanol–water partition coefficient (Wildman–Crippen LogP) is 3.34. The third kappa shape index (κ3) is 4.36. The molecule has 146 valence electrons. The van der Waals surface area contributed by atoms with Gasteiger partial charge in [-0.2, -0.15) is 0 Å². The Morgan fingerprint density at radius 3 is 2.50 bits per heavy atom. The number of anilines is 3. The Morgan fingerprint density at radius 2 is 1.86 bits per heavy atom. The lowest BCUT2D eigenvalue weighted by Gasteiger charge is -2.17. The highest BCUT2D eigenvalue weighted by Crippen LogP contribution is 2.27. The number of hydrogen-bond acceptors (Lipinski definition) is 3. The Labute approximate surface area is 162 Å². The lowest BCUT2D eigenvalue weighted by Crippen LogP contribution is -2.28. The Hall–Kier alpha value is -3.22. The van der Waals surface area contributed by atoms with E-state index in [4.69, 9.17) is 0 Å². The van der Waals surface area contributed by atoms with Crippen LogP contribution in [0.2, 0.25) is 0 Å². The van der Waals surface area contributed by atoms with E-state index in [1.165, 1.54) is 30.7 Å². The zero-order valence-electron chi connectivity index (χ0n) is 15.8. The Bertz CT molecular complexity index is 912. The molecule has 0 aromatic heterocycles. The van der Waals surface area contributed by atoms with E-state index in [1.807, 2.05) is 24.3 Å². The number of benzene rings is 2. The van der Waals surface area contributed by atoms with Crippen molar-refractivity contribution in [1.82, 2.24) is 0 Å². The minimum Gasteiger partial charge on any atom is -0.326 e. The van der Waals surface area contributed by atoms with Crippen LogP contribution >= 0.6 is 0 Å². The van der Waals surface area contributed by atoms with E-state index >= 15 is 0 Å². The smallest absolute Gasteiger partial charge is 0.229 e. The first-order valence-electron chi connectivity index (χ1n) is 9.14. The van der Waals surface area contributed by atoms with Crippen molar-refractivity contribution in [3.8, 4) is 0 Å². The molecule has 2 aromatic carbocycles. The molecule has 2 N–H and O–H groups in total. The van der Waals surface area contributed by atoms with Gasteiger partial charge in [-0.25, -0.2) is 4.39 Å². The van der Waals surface area contributed by atoms with Crippen molar-refractivity contribution < 1.29 is 18.8 Å². The van der Waals surface area contributed by atoms with Crippen molar-refractivity contribution >= 4 is 34.8 Å². The summed E-state index contributed by atoms with van der Waals surface area (Å²) >= 11 is 0. The van der Waals surface area contributed by atoms with Crippen LogP contribution < -0.4 is 15.5 Å². The number of nitrogens with zero attached hydrogens (tertiary/aromatic N) is 1. The van der Waals surface area contributed by atoms with E-state index in [0.29, 0.717) is 5.69 Å². The van der Waals surface area contributed by atoms with E-state index in [-0.39, 0.29) is 30.5 Å². The summed E-state index contributed by atoms with van der Waals surface area (Å²) in [6.07, 6.45) is 0.969. The van der Waals surface area contributed by atoms with Gasteiger partial charge in [-0.3, -0.25) is 14.4 Å². The van der Waals surface area contributed by atoms with Crippen LogP contribution in [0.3, 0.4) is 0 Å². The molecule has 0 aliphatic carbocycles. The summed E-state index contributed by atoms with van der Waals surface area (Å²) in [7, 11) is 0. The second-order valence-corrected chi connectivity index (χ2v) is 6.79. The molecule has 0 saturated carbocycles. The quantitative estimate of drug-likeness (QED) is 0.831. The molecule has 1 aliphatic heterocycles. The van der Waals surface area contributed by atoms with Crippen molar-refractivity contribution in [1.29, 1.82) is 0 Å². The molecule has 1 aliphatic rings. The van der Waals surface area contributed by atoms with E-state index in [0.717, 1.165) is 12.1 Å². The molecule has 7 heteroatoms. The molecule has 0 bridgehead atoms. The first-order valence-corrected chi connectivity index (χ1v) is 9.14. The molecule has 1 saturated heterocycles. The first kappa shape index (κ1) is 19.5. The molecule has 1 fully saturated rings. The minimum absolute atomic E-state index is 0.0329. The van der Waals surface area contributed by atoms with Gasteiger partial charge in [0, 0.05) is 31.3 Å². The fourth-order valence-corrected chi connectivity index (χ4v) is 3.18. The van der Waals surface area contributed by atoms with Crippen molar-refractivity contribution in [3.63, 3.8) is 0 Å². The van der Waals surface area contributed by atoms with Gasteiger partial charge in [0.15, 0.2) is 0 Å². The number of amides is 3. The standard InChI is InChI=1S/C21H22FN3O3/c1-3-14-4-7-17(8-5-14)25-12-15(10-20(25)27)21(28)24-19-11-16(23-13(2)26)6-9-18(19)22/h4-9,11,15H,3,10,12H2,1-2H3,(H,23,26)(H,24,28). The van der Waals surface area contributed by atoms with Crippen molar-refractivity contribution in [2.45, 2.75) is 26.7 Å². The molecule has 1 atom stereocenters. The number of aryl methyl sites for hydroxylation is 1. The van der Waals surface area contributed by atoms with Gasteiger partial charge in [0.25, 0.3) is 0 Å². The lowest BCUT2D eigenvalue weighted by atomic mass is 10.1. The summed E-state index contributed by atoms with van der Waals surface area (Å²) in [5.74, 6) is -2.06. The molecule has 6 nitrogen and oxygen atoms in total. The summed E-state index contributed by atoms with van der Waals surface area (Å²) in [5, 5.41) is 5.07. The number of carbonyl (C=O) groups is 3. The van der Waals surface area contributed by atoms with Crippen LogP contribution in [0.25, 0.3) is 0 Å². The molecular formula is C21H22FN3O3. The highest BCUT2D eigenvalue weighted by atomic mass is 19.1. The summed E-state index contributed by atoms with van der Waals surface area (Å²) < 4.78 is 14.0. The van der Waals surface area contributed by atoms with Gasteiger partial charge in [0.05, 0.1) is 11.6 Å². The van der Waals surface area contributed by atoms with Crippen LogP contribution in [0, 0.1) is 11.7 Å². The fourth-order valence-electron chi connectivity index (χ4n) is 3.18. The van der Waals surface area contributed by atoms with Crippen molar-refractivity contribution in [3.05, 3.63) is 53.8 Å². The van der Waals surface area contributed by atoms with Crippen molar-refractivity contribution in [2.24, 2.45) is 5.92 Å². The van der Waals surface area contributed by atoms with Crippen LogP contribution in [0.15, 0.2) is 42.5 Å². The monoisotopic (exact) mass is 383 g/mol. The highest BCUT2D eigenvalue weighted by Gasteiger charge is 2.35. The predicted molar refractivity (Wildman–Crippen MR) is 106 cm³/mol. The van der Waals surface area contributed by atoms with E-state index in [2.05, 4.69) is 17.6 Å². The van der Waals surface area contributed by atoms with Crippen LogP contribution in [0.1, 0.15) is 25.8 Å². The van der Waals surface area contributed by atoms with Crippen LogP contribution in [0.4, 0.5) is 21.5 Å². The maximum absolute atomic E-state index is 14.0. The molecule has 3 rings (SSSR count). The van der Waals surface area contributed by atoms with Crippen molar-refractivity contribution in [2.75, 3.05) is 22.1 Å². The zero-order chi connectivity index (χ0) is 20.3. The van der Waals surface area contributed by atoms with Crippen LogP contribution in [-0.2, 0) is 20.8 Å². The summed E-state index contributed by atoms with van der Waals surface area (Å²) in [6, 6.07) is 11.6. The normalized spacial score (nSPS) is 16.2. The number of halogens is 1. The highest BCUT2D eigenvalue weighted by molar-refractivity contribution is 6.03. The molecule has 0 radical (unpaired) electrons. The number of hydrogen-bond donors (Lipinski definition) is 2. The minimum atomic E-state index is -0.612. The molecule has 28 heavy (non-hydrogen) atoms. The topological polar surface area (TPSA) is 78.5 Å². The average molecular weight is 383 g/mol. The second-order valence-electron chi connectivity index (χ2n) is 6.79. The summed E-state index contributed by atoms with van der Waals surface area (Å²) in [4.78, 5) is 37.7. The molecule has 1 heterocycles. The Morgan fingerprint density at radius 1 is 1.14 bits per heavy atom.